The standard InChI is InChI=1S/C17H20FN/c1-12(2)17(19)11-13-3-5-14(6-4-13)15-7-9-16(18)10-8-15/h3-10,12,17H,11,19H2,1-2H3. The van der Waals surface area contributed by atoms with Gasteiger partial charge in [0.1, 0.15) is 5.82 Å². The average molecular weight is 257 g/mol. The lowest BCUT2D eigenvalue weighted by molar-refractivity contribution is 0.490. The summed E-state index contributed by atoms with van der Waals surface area (Å²) in [5, 5.41) is 0. The molecule has 2 N–H and O–H groups in total. The molecule has 2 aromatic rings. The van der Waals surface area contributed by atoms with Crippen LogP contribution in [-0.4, -0.2) is 6.04 Å². The first-order chi connectivity index (χ1) is 9.06. The molecule has 0 bridgehead atoms. The number of nitrogens with two attached hydrogens (primary N) is 1. The highest BCUT2D eigenvalue weighted by molar-refractivity contribution is 5.63. The number of benzene rings is 2. The monoisotopic (exact) mass is 257 g/mol. The van der Waals surface area contributed by atoms with Gasteiger partial charge in [0.05, 0.1) is 0 Å². The Bertz CT molecular complexity index is 514. The minimum Gasteiger partial charge on any atom is -0.327 e. The molecule has 0 aromatic heterocycles. The number of hydrogen-bond donors (Lipinski definition) is 1. The Kier molecular flexibility index (Phi) is 4.33. The van der Waals surface area contributed by atoms with Crippen LogP contribution >= 0.6 is 0 Å². The van der Waals surface area contributed by atoms with Crippen LogP contribution in [0.5, 0.6) is 0 Å². The molecule has 0 aliphatic carbocycles. The molecule has 1 nitrogen and oxygen atoms in total. The van der Waals surface area contributed by atoms with E-state index < -0.39 is 0 Å². The largest absolute Gasteiger partial charge is 0.327 e. The molecule has 0 fully saturated rings. The lowest BCUT2D eigenvalue weighted by Crippen LogP contribution is -2.28. The van der Waals surface area contributed by atoms with Crippen LogP contribution in [-0.2, 0) is 6.42 Å². The predicted molar refractivity (Wildman–Crippen MR) is 78.4 cm³/mol. The first kappa shape index (κ1) is 13.8. The Morgan fingerprint density at radius 3 is 1.84 bits per heavy atom. The SMILES string of the molecule is CC(C)C(N)Cc1ccc(-c2ccc(F)cc2)cc1. The van der Waals surface area contributed by atoms with Crippen molar-refractivity contribution in [2.75, 3.05) is 0 Å². The van der Waals surface area contributed by atoms with E-state index in [1.54, 1.807) is 12.1 Å². The summed E-state index contributed by atoms with van der Waals surface area (Å²) in [5.41, 5.74) is 9.44. The Morgan fingerprint density at radius 2 is 1.37 bits per heavy atom. The Hall–Kier alpha value is -1.67. The second kappa shape index (κ2) is 5.98. The van der Waals surface area contributed by atoms with Crippen molar-refractivity contribution in [2.24, 2.45) is 11.7 Å². The molecular weight excluding hydrogens is 237 g/mol. The van der Waals surface area contributed by atoms with Crippen molar-refractivity contribution < 1.29 is 4.39 Å². The van der Waals surface area contributed by atoms with Gasteiger partial charge in [0.15, 0.2) is 0 Å². The molecule has 1 atom stereocenters. The summed E-state index contributed by atoms with van der Waals surface area (Å²) in [6.07, 6.45) is 0.890. The zero-order valence-electron chi connectivity index (χ0n) is 11.4. The number of halogens is 1. The molecule has 0 radical (unpaired) electrons. The molecule has 0 aliphatic rings. The van der Waals surface area contributed by atoms with Crippen molar-refractivity contribution in [3.63, 3.8) is 0 Å². The minimum atomic E-state index is -0.205. The van der Waals surface area contributed by atoms with Crippen LogP contribution in [0.2, 0.25) is 0 Å². The van der Waals surface area contributed by atoms with Gasteiger partial charge in [0.25, 0.3) is 0 Å². The Morgan fingerprint density at radius 1 is 0.895 bits per heavy atom. The van der Waals surface area contributed by atoms with Crippen molar-refractivity contribution in [3.05, 3.63) is 59.9 Å². The summed E-state index contributed by atoms with van der Waals surface area (Å²) in [5.74, 6) is 0.278. The molecule has 0 amide bonds. The molecule has 0 saturated carbocycles. The van der Waals surface area contributed by atoms with E-state index in [0.29, 0.717) is 5.92 Å². The van der Waals surface area contributed by atoms with Gasteiger partial charge >= 0.3 is 0 Å². The normalized spacial score (nSPS) is 12.7. The fourth-order valence-electron chi connectivity index (χ4n) is 1.98. The van der Waals surface area contributed by atoms with E-state index in [1.807, 2.05) is 0 Å². The molecule has 0 saturated heterocycles. The lowest BCUT2D eigenvalue weighted by Gasteiger charge is -2.15. The summed E-state index contributed by atoms with van der Waals surface area (Å²) in [7, 11) is 0. The van der Waals surface area contributed by atoms with Gasteiger partial charge in [-0.2, -0.15) is 0 Å². The van der Waals surface area contributed by atoms with Crippen LogP contribution in [0.4, 0.5) is 4.39 Å². The van der Waals surface area contributed by atoms with Crippen LogP contribution < -0.4 is 5.73 Å². The summed E-state index contributed by atoms with van der Waals surface area (Å²) in [6.45, 7) is 4.27. The van der Waals surface area contributed by atoms with E-state index in [-0.39, 0.29) is 11.9 Å². The van der Waals surface area contributed by atoms with Gasteiger partial charge in [-0.3, -0.25) is 0 Å². The third-order valence-corrected chi connectivity index (χ3v) is 3.46. The summed E-state index contributed by atoms with van der Waals surface area (Å²) < 4.78 is 12.9. The Balaban J connectivity index is 2.12. The molecule has 1 unspecified atom stereocenters. The molecular formula is C17H20FN. The maximum absolute atomic E-state index is 12.9. The van der Waals surface area contributed by atoms with Crippen LogP contribution in [0.25, 0.3) is 11.1 Å². The molecule has 0 spiro atoms. The Labute approximate surface area is 114 Å². The highest BCUT2D eigenvalue weighted by Gasteiger charge is 2.08. The van der Waals surface area contributed by atoms with Crippen LogP contribution in [0.3, 0.4) is 0 Å². The third kappa shape index (κ3) is 3.65. The van der Waals surface area contributed by atoms with E-state index in [1.165, 1.54) is 17.7 Å². The topological polar surface area (TPSA) is 26.0 Å². The fourth-order valence-corrected chi connectivity index (χ4v) is 1.98. The van der Waals surface area contributed by atoms with Gasteiger partial charge in [0.2, 0.25) is 0 Å². The molecule has 19 heavy (non-hydrogen) atoms. The van der Waals surface area contributed by atoms with Crippen molar-refractivity contribution in [1.82, 2.24) is 0 Å². The maximum Gasteiger partial charge on any atom is 0.123 e. The molecule has 2 aromatic carbocycles. The molecule has 0 heterocycles. The summed E-state index contributed by atoms with van der Waals surface area (Å²) in [6, 6.07) is 15.1. The first-order valence-electron chi connectivity index (χ1n) is 6.66. The predicted octanol–water partition coefficient (Wildman–Crippen LogP) is 4.02. The van der Waals surface area contributed by atoms with Gasteiger partial charge in [-0.25, -0.2) is 4.39 Å². The van der Waals surface area contributed by atoms with Gasteiger partial charge < -0.3 is 5.73 Å². The van der Waals surface area contributed by atoms with Crippen LogP contribution in [0, 0.1) is 11.7 Å². The van der Waals surface area contributed by atoms with Crippen LogP contribution in [0.15, 0.2) is 48.5 Å². The molecule has 2 rings (SSSR count). The zero-order valence-corrected chi connectivity index (χ0v) is 11.4. The second-order valence-corrected chi connectivity index (χ2v) is 5.32. The summed E-state index contributed by atoms with van der Waals surface area (Å²) in [4.78, 5) is 0. The first-order valence-corrected chi connectivity index (χ1v) is 6.66. The summed E-state index contributed by atoms with van der Waals surface area (Å²) >= 11 is 0. The van der Waals surface area contributed by atoms with Crippen molar-refractivity contribution in [1.29, 1.82) is 0 Å². The van der Waals surface area contributed by atoms with Crippen LogP contribution in [0.1, 0.15) is 19.4 Å². The maximum atomic E-state index is 12.9. The van der Waals surface area contributed by atoms with Gasteiger partial charge in [-0.05, 0) is 41.2 Å². The lowest BCUT2D eigenvalue weighted by atomic mass is 9.96. The van der Waals surface area contributed by atoms with Crippen molar-refractivity contribution in [3.8, 4) is 11.1 Å². The molecule has 2 heteroatoms. The van der Waals surface area contributed by atoms with E-state index >= 15 is 0 Å². The number of hydrogen-bond acceptors (Lipinski definition) is 1. The zero-order chi connectivity index (χ0) is 13.8. The quantitative estimate of drug-likeness (QED) is 0.879. The van der Waals surface area contributed by atoms with E-state index in [4.69, 9.17) is 5.73 Å². The van der Waals surface area contributed by atoms with E-state index in [0.717, 1.165) is 17.5 Å². The second-order valence-electron chi connectivity index (χ2n) is 5.32. The smallest absolute Gasteiger partial charge is 0.123 e. The number of rotatable bonds is 4. The van der Waals surface area contributed by atoms with Crippen molar-refractivity contribution in [2.45, 2.75) is 26.3 Å². The average Bonchev–Trinajstić information content (AvgIpc) is 2.40. The van der Waals surface area contributed by atoms with Gasteiger partial charge in [-0.1, -0.05) is 50.2 Å². The molecule has 100 valence electrons. The minimum absolute atomic E-state index is 0.191. The highest BCUT2D eigenvalue weighted by Crippen LogP contribution is 2.20. The van der Waals surface area contributed by atoms with Gasteiger partial charge in [-0.15, -0.1) is 0 Å². The fraction of sp³-hybridized carbons (Fsp3) is 0.294. The third-order valence-electron chi connectivity index (χ3n) is 3.46. The van der Waals surface area contributed by atoms with E-state index in [9.17, 15) is 4.39 Å². The van der Waals surface area contributed by atoms with Gasteiger partial charge in [0, 0.05) is 6.04 Å². The highest BCUT2D eigenvalue weighted by atomic mass is 19.1. The van der Waals surface area contributed by atoms with E-state index in [2.05, 4.69) is 38.1 Å². The molecule has 0 aliphatic heterocycles. The van der Waals surface area contributed by atoms with Crippen molar-refractivity contribution >= 4 is 0 Å².